The molecule has 5 heavy (non-hydrogen) atoms. The fraction of sp³-hybridized carbons (Fsp3) is 1.00. The first-order chi connectivity index (χ1) is 2.41. The average Bonchev–Trinajstić information content (AvgIpc) is 1.41. The van der Waals surface area contributed by atoms with Crippen molar-refractivity contribution in [3.63, 3.8) is 0 Å². The summed E-state index contributed by atoms with van der Waals surface area (Å²) < 4.78 is 4.61. The fourth-order valence-electron chi connectivity index (χ4n) is 0.0833. The van der Waals surface area contributed by atoms with Gasteiger partial charge in [0.2, 0.25) is 0 Å². The topological polar surface area (TPSA) is 9.23 Å². The highest BCUT2D eigenvalue weighted by Crippen LogP contribution is 1.66. The zero-order valence-corrected chi connectivity index (χ0v) is 5.68. The van der Waals surface area contributed by atoms with E-state index in [9.17, 15) is 0 Å². The molecular formula is C2H5Al2O. The van der Waals surface area contributed by atoms with Gasteiger partial charge in [-0.1, -0.05) is 5.28 Å². The van der Waals surface area contributed by atoms with Crippen LogP contribution in [-0.2, 0) is 3.79 Å². The molecule has 0 aromatic rings. The van der Waals surface area contributed by atoms with Gasteiger partial charge in [0, 0.05) is 0 Å². The van der Waals surface area contributed by atoms with Crippen LogP contribution in [0.5, 0.6) is 0 Å². The molecule has 25 valence electrons. The summed E-state index contributed by atoms with van der Waals surface area (Å²) in [5.41, 5.74) is 0. The van der Waals surface area contributed by atoms with Gasteiger partial charge in [0.15, 0.2) is 16.3 Å². The summed E-state index contributed by atoms with van der Waals surface area (Å²) in [5.74, 6) is 0. The minimum absolute atomic E-state index is 0.864. The second-order valence-electron chi connectivity index (χ2n) is 0.724. The van der Waals surface area contributed by atoms with Crippen molar-refractivity contribution in [2.24, 2.45) is 0 Å². The van der Waals surface area contributed by atoms with Crippen molar-refractivity contribution in [2.45, 2.75) is 5.28 Å². The fourth-order valence-corrected chi connectivity index (χ4v) is 0.750. The first-order valence-corrected chi connectivity index (χ1v) is 3.00. The lowest BCUT2D eigenvalue weighted by molar-refractivity contribution is 0.376. The highest BCUT2D eigenvalue weighted by Gasteiger charge is 1.66. The number of rotatable bonds is 2. The molecule has 3 heteroatoms. The third kappa shape index (κ3) is 5.02. The lowest BCUT2D eigenvalue weighted by Crippen LogP contribution is -1.84. The summed E-state index contributed by atoms with van der Waals surface area (Å²) in [4.78, 5) is 0. The lowest BCUT2D eigenvalue weighted by Gasteiger charge is -1.87. The molecule has 0 aromatic heterocycles. The molecule has 0 heterocycles. The van der Waals surface area contributed by atoms with Gasteiger partial charge in [0.05, 0.1) is 0 Å². The minimum atomic E-state index is 0.864. The summed E-state index contributed by atoms with van der Waals surface area (Å²) in [7, 11) is 0. The quantitative estimate of drug-likeness (QED) is 0.420. The zero-order valence-electron chi connectivity index (χ0n) is 3.11. The Hall–Kier alpha value is 1.02. The van der Waals surface area contributed by atoms with E-state index in [1.165, 1.54) is 0 Å². The van der Waals surface area contributed by atoms with E-state index in [4.69, 9.17) is 0 Å². The van der Waals surface area contributed by atoms with Crippen molar-refractivity contribution in [3.05, 3.63) is 0 Å². The second kappa shape index (κ2) is 5.02. The molecule has 0 saturated heterocycles. The van der Waals surface area contributed by atoms with E-state index in [2.05, 4.69) is 20.4 Å². The first kappa shape index (κ1) is 6.02. The summed E-state index contributed by atoms with van der Waals surface area (Å²) >= 11 is 4.11. The average molecular weight is 99.0 g/mol. The van der Waals surface area contributed by atoms with Gasteiger partial charge < -0.3 is 3.79 Å². The van der Waals surface area contributed by atoms with Crippen molar-refractivity contribution >= 4 is 32.9 Å². The Balaban J connectivity index is 2.19. The molecule has 0 aliphatic carbocycles. The maximum atomic E-state index is 4.61. The van der Waals surface area contributed by atoms with Crippen LogP contribution in [0, 0.1) is 0 Å². The molecular weight excluding hydrogens is 94.0 g/mol. The smallest absolute Gasteiger partial charge is 0.369 e. The SMILES string of the molecule is [Al][O]C[CH2][AlH]. The Bertz CT molecular complexity index is 15.1. The molecule has 1 nitrogen and oxygen atoms in total. The van der Waals surface area contributed by atoms with Crippen LogP contribution < -0.4 is 0 Å². The molecule has 0 aliphatic rings. The van der Waals surface area contributed by atoms with Gasteiger partial charge in [0.25, 0.3) is 0 Å². The number of hydrogen-bond donors (Lipinski definition) is 0. The Morgan fingerprint density at radius 3 is 2.40 bits per heavy atom. The molecule has 0 spiro atoms. The maximum absolute atomic E-state index is 4.61. The van der Waals surface area contributed by atoms with Crippen LogP contribution in [0.1, 0.15) is 0 Å². The summed E-state index contributed by atoms with van der Waals surface area (Å²) in [6, 6.07) is 0. The summed E-state index contributed by atoms with van der Waals surface area (Å²) in [6.07, 6.45) is 0. The van der Waals surface area contributed by atoms with Crippen LogP contribution in [0.25, 0.3) is 0 Å². The van der Waals surface area contributed by atoms with E-state index in [0.29, 0.717) is 0 Å². The Kier molecular flexibility index (Phi) is 6.05. The molecule has 0 saturated carbocycles. The Labute approximate surface area is 48.9 Å². The van der Waals surface area contributed by atoms with Crippen LogP contribution in [0.4, 0.5) is 0 Å². The van der Waals surface area contributed by atoms with Crippen molar-refractivity contribution in [3.8, 4) is 0 Å². The molecule has 0 bridgehead atoms. The molecule has 0 N–H and O–H groups in total. The summed E-state index contributed by atoms with van der Waals surface area (Å²) in [6.45, 7) is 0.864. The van der Waals surface area contributed by atoms with Crippen LogP contribution in [-0.4, -0.2) is 39.5 Å². The van der Waals surface area contributed by atoms with E-state index >= 15 is 0 Å². The van der Waals surface area contributed by atoms with E-state index < -0.39 is 0 Å². The third-order valence-electron chi connectivity index (χ3n) is 0.262. The maximum Gasteiger partial charge on any atom is 0.369 e. The van der Waals surface area contributed by atoms with Crippen molar-refractivity contribution in [1.82, 2.24) is 0 Å². The second-order valence-corrected chi connectivity index (χ2v) is 1.76. The molecule has 0 aliphatic heterocycles. The molecule has 0 aromatic carbocycles. The van der Waals surface area contributed by atoms with Crippen molar-refractivity contribution in [1.29, 1.82) is 0 Å². The van der Waals surface area contributed by atoms with Gasteiger partial charge in [-0.05, 0) is 6.61 Å². The van der Waals surface area contributed by atoms with E-state index in [-0.39, 0.29) is 0 Å². The number of hydrogen-bond acceptors (Lipinski definition) is 1. The van der Waals surface area contributed by atoms with E-state index in [1.807, 2.05) is 16.3 Å². The normalized spacial score (nSPS) is 8.00. The molecule has 0 fully saturated rings. The van der Waals surface area contributed by atoms with E-state index in [1.54, 1.807) is 0 Å². The standard InChI is InChI=1S/C2H4O.2Al.H/c1-2-3;;;/h1-2H2;;;/q-1;;+1;. The van der Waals surface area contributed by atoms with Crippen LogP contribution in [0.3, 0.4) is 0 Å². The molecule has 0 atom stereocenters. The summed E-state index contributed by atoms with van der Waals surface area (Å²) in [5, 5.41) is 1.13. The zero-order chi connectivity index (χ0) is 4.12. The van der Waals surface area contributed by atoms with Gasteiger partial charge in [-0.25, -0.2) is 0 Å². The predicted octanol–water partition coefficient (Wildman–Crippen LogP) is -0.594. The lowest BCUT2D eigenvalue weighted by atomic mass is 10.9. The predicted molar refractivity (Wildman–Crippen MR) is 23.7 cm³/mol. The Morgan fingerprint density at radius 1 is 1.80 bits per heavy atom. The monoisotopic (exact) mass is 99.0 g/mol. The van der Waals surface area contributed by atoms with Gasteiger partial charge in [0.1, 0.15) is 0 Å². The largest absolute Gasteiger partial charge is 0.517 e. The van der Waals surface area contributed by atoms with Gasteiger partial charge in [-0.15, -0.1) is 0 Å². The molecule has 0 amide bonds. The van der Waals surface area contributed by atoms with Gasteiger partial charge in [-0.3, -0.25) is 0 Å². The highest BCUT2D eigenvalue weighted by molar-refractivity contribution is 6.08. The van der Waals surface area contributed by atoms with E-state index in [0.717, 1.165) is 11.9 Å². The molecule has 3 radical (unpaired) electrons. The first-order valence-electron chi connectivity index (χ1n) is 1.52. The molecule has 0 unspecified atom stereocenters. The third-order valence-corrected chi connectivity index (χ3v) is 0.787. The van der Waals surface area contributed by atoms with Crippen molar-refractivity contribution in [2.75, 3.05) is 6.61 Å². The van der Waals surface area contributed by atoms with Crippen LogP contribution >= 0.6 is 0 Å². The molecule has 0 rings (SSSR count). The van der Waals surface area contributed by atoms with Crippen LogP contribution in [0.2, 0.25) is 5.28 Å². The van der Waals surface area contributed by atoms with Crippen LogP contribution in [0.15, 0.2) is 0 Å². The Morgan fingerprint density at radius 2 is 2.40 bits per heavy atom. The van der Waals surface area contributed by atoms with Gasteiger partial charge >= 0.3 is 16.6 Å². The highest BCUT2D eigenvalue weighted by atomic mass is 27.1. The minimum Gasteiger partial charge on any atom is -0.517 e. The van der Waals surface area contributed by atoms with Crippen molar-refractivity contribution < 1.29 is 3.79 Å². The van der Waals surface area contributed by atoms with Gasteiger partial charge in [-0.2, -0.15) is 0 Å².